The highest BCUT2D eigenvalue weighted by atomic mass is 35.5. The summed E-state index contributed by atoms with van der Waals surface area (Å²) in [5.74, 6) is 0.598. The second-order valence-electron chi connectivity index (χ2n) is 5.40. The van der Waals surface area contributed by atoms with Crippen LogP contribution in [0.25, 0.3) is 0 Å². The molecule has 1 rings (SSSR count). The zero-order valence-corrected chi connectivity index (χ0v) is 13.8. The molecule has 1 unspecified atom stereocenters. The Labute approximate surface area is 132 Å². The monoisotopic (exact) mass is 316 g/mol. The van der Waals surface area contributed by atoms with Crippen LogP contribution in [0.3, 0.4) is 0 Å². The van der Waals surface area contributed by atoms with E-state index in [1.54, 1.807) is 7.11 Å². The number of benzene rings is 1. The number of rotatable bonds is 7. The third kappa shape index (κ3) is 5.91. The second-order valence-corrected chi connectivity index (χ2v) is 5.40. The summed E-state index contributed by atoms with van der Waals surface area (Å²) < 4.78 is 10.1. The molecule has 0 radical (unpaired) electrons. The van der Waals surface area contributed by atoms with Crippen molar-refractivity contribution in [2.24, 2.45) is 5.73 Å². The van der Waals surface area contributed by atoms with Gasteiger partial charge in [0.2, 0.25) is 5.91 Å². The second kappa shape index (κ2) is 8.87. The summed E-state index contributed by atoms with van der Waals surface area (Å²) in [5.41, 5.74) is 6.57. The van der Waals surface area contributed by atoms with E-state index >= 15 is 0 Å². The van der Waals surface area contributed by atoms with Crippen molar-refractivity contribution in [3.05, 3.63) is 29.8 Å². The van der Waals surface area contributed by atoms with E-state index in [0.717, 1.165) is 11.3 Å². The Hall–Kier alpha value is -1.30. The first kappa shape index (κ1) is 19.7. The Balaban J connectivity index is 0.00000400. The van der Waals surface area contributed by atoms with Gasteiger partial charge in [-0.1, -0.05) is 26.0 Å². The Morgan fingerprint density at radius 3 is 2.62 bits per heavy atom. The molecule has 1 atom stereocenters. The van der Waals surface area contributed by atoms with Gasteiger partial charge in [-0.3, -0.25) is 4.79 Å². The lowest BCUT2D eigenvalue weighted by molar-refractivity contribution is -0.123. The fourth-order valence-corrected chi connectivity index (χ4v) is 1.84. The maximum atomic E-state index is 11.8. The van der Waals surface area contributed by atoms with Crippen LogP contribution >= 0.6 is 12.4 Å². The highest BCUT2D eigenvalue weighted by molar-refractivity contribution is 5.85. The number of carbonyl (C=O) groups excluding carboxylic acids is 1. The Kier molecular flexibility index (Phi) is 8.32. The van der Waals surface area contributed by atoms with Gasteiger partial charge in [-0.2, -0.15) is 0 Å². The number of hydrogen-bond acceptors (Lipinski definition) is 4. The molecule has 1 aromatic carbocycles. The van der Waals surface area contributed by atoms with Crippen molar-refractivity contribution in [1.29, 1.82) is 0 Å². The molecular formula is C15H25ClN2O3. The molecule has 0 fully saturated rings. The van der Waals surface area contributed by atoms with Crippen LogP contribution in [0, 0.1) is 0 Å². The SMILES string of the molecule is COCC(N)C(=O)NCC(C)(C)c1cccc(OC)c1.Cl. The molecule has 1 amide bonds. The van der Waals surface area contributed by atoms with E-state index in [1.165, 1.54) is 7.11 Å². The van der Waals surface area contributed by atoms with Gasteiger partial charge in [-0.25, -0.2) is 0 Å². The molecule has 21 heavy (non-hydrogen) atoms. The van der Waals surface area contributed by atoms with Crippen molar-refractivity contribution in [3.8, 4) is 5.75 Å². The molecule has 0 aliphatic rings. The summed E-state index contributed by atoms with van der Waals surface area (Å²) in [4.78, 5) is 11.8. The molecule has 0 spiro atoms. The quantitative estimate of drug-likeness (QED) is 0.799. The van der Waals surface area contributed by atoms with Crippen LogP contribution < -0.4 is 15.8 Å². The fraction of sp³-hybridized carbons (Fsp3) is 0.533. The van der Waals surface area contributed by atoms with Crippen molar-refractivity contribution >= 4 is 18.3 Å². The van der Waals surface area contributed by atoms with Gasteiger partial charge in [0, 0.05) is 19.1 Å². The van der Waals surface area contributed by atoms with E-state index in [1.807, 2.05) is 24.3 Å². The first-order chi connectivity index (χ1) is 9.40. The molecule has 120 valence electrons. The predicted molar refractivity (Wildman–Crippen MR) is 86.1 cm³/mol. The van der Waals surface area contributed by atoms with Gasteiger partial charge >= 0.3 is 0 Å². The van der Waals surface area contributed by atoms with Crippen molar-refractivity contribution in [2.75, 3.05) is 27.4 Å². The van der Waals surface area contributed by atoms with Crippen LogP contribution in [-0.2, 0) is 14.9 Å². The molecule has 0 aromatic heterocycles. The smallest absolute Gasteiger partial charge is 0.239 e. The van der Waals surface area contributed by atoms with E-state index in [9.17, 15) is 4.79 Å². The standard InChI is InChI=1S/C15H24N2O3.ClH/c1-15(2,10-17-14(18)13(16)9-19-3)11-6-5-7-12(8-11)20-4;/h5-8,13H,9-10,16H2,1-4H3,(H,17,18);1H. The number of halogens is 1. The minimum absolute atomic E-state index is 0. The van der Waals surface area contributed by atoms with Gasteiger partial charge < -0.3 is 20.5 Å². The first-order valence-electron chi connectivity index (χ1n) is 6.57. The number of nitrogens with one attached hydrogen (secondary N) is 1. The average Bonchev–Trinajstić information content (AvgIpc) is 2.45. The van der Waals surface area contributed by atoms with Gasteiger partial charge in [0.15, 0.2) is 0 Å². The molecule has 0 heterocycles. The third-order valence-electron chi connectivity index (χ3n) is 3.24. The van der Waals surface area contributed by atoms with E-state index in [0.29, 0.717) is 6.54 Å². The number of nitrogens with two attached hydrogens (primary N) is 1. The highest BCUT2D eigenvalue weighted by Crippen LogP contribution is 2.25. The Morgan fingerprint density at radius 1 is 1.38 bits per heavy atom. The fourth-order valence-electron chi connectivity index (χ4n) is 1.84. The van der Waals surface area contributed by atoms with Gasteiger partial charge in [-0.15, -0.1) is 12.4 Å². The number of hydrogen-bond donors (Lipinski definition) is 2. The average molecular weight is 317 g/mol. The molecular weight excluding hydrogens is 292 g/mol. The summed E-state index contributed by atoms with van der Waals surface area (Å²) in [6, 6.07) is 7.19. The topological polar surface area (TPSA) is 73.6 Å². The van der Waals surface area contributed by atoms with Crippen LogP contribution in [0.15, 0.2) is 24.3 Å². The Morgan fingerprint density at radius 2 is 2.05 bits per heavy atom. The molecule has 0 aliphatic heterocycles. The van der Waals surface area contributed by atoms with Crippen LogP contribution in [0.2, 0.25) is 0 Å². The van der Waals surface area contributed by atoms with Gasteiger partial charge in [0.05, 0.1) is 13.7 Å². The van der Waals surface area contributed by atoms with E-state index in [2.05, 4.69) is 19.2 Å². The van der Waals surface area contributed by atoms with Crippen molar-refractivity contribution < 1.29 is 14.3 Å². The Bertz CT molecular complexity index is 452. The highest BCUT2D eigenvalue weighted by Gasteiger charge is 2.23. The van der Waals surface area contributed by atoms with Crippen molar-refractivity contribution in [2.45, 2.75) is 25.3 Å². The van der Waals surface area contributed by atoms with E-state index in [-0.39, 0.29) is 30.3 Å². The number of ether oxygens (including phenoxy) is 2. The van der Waals surface area contributed by atoms with Gasteiger partial charge in [0.25, 0.3) is 0 Å². The molecule has 6 heteroatoms. The molecule has 0 saturated carbocycles. The number of methoxy groups -OCH3 is 2. The number of carbonyl (C=O) groups is 1. The molecule has 3 N–H and O–H groups in total. The zero-order chi connectivity index (χ0) is 15.2. The lowest BCUT2D eigenvalue weighted by Gasteiger charge is -2.26. The molecule has 5 nitrogen and oxygen atoms in total. The molecule has 0 bridgehead atoms. The summed E-state index contributed by atoms with van der Waals surface area (Å²) in [7, 11) is 3.16. The summed E-state index contributed by atoms with van der Waals surface area (Å²) in [6.07, 6.45) is 0. The summed E-state index contributed by atoms with van der Waals surface area (Å²) in [5, 5.41) is 2.86. The molecule has 1 aromatic rings. The third-order valence-corrected chi connectivity index (χ3v) is 3.24. The molecule has 0 aliphatic carbocycles. The van der Waals surface area contributed by atoms with Crippen molar-refractivity contribution in [3.63, 3.8) is 0 Å². The maximum Gasteiger partial charge on any atom is 0.239 e. The maximum absolute atomic E-state index is 11.8. The largest absolute Gasteiger partial charge is 0.497 e. The molecule has 0 saturated heterocycles. The lowest BCUT2D eigenvalue weighted by atomic mass is 9.84. The van der Waals surface area contributed by atoms with Crippen LogP contribution in [-0.4, -0.2) is 39.3 Å². The first-order valence-corrected chi connectivity index (χ1v) is 6.57. The minimum Gasteiger partial charge on any atom is -0.497 e. The van der Waals surface area contributed by atoms with Crippen LogP contribution in [0.4, 0.5) is 0 Å². The zero-order valence-electron chi connectivity index (χ0n) is 13.0. The van der Waals surface area contributed by atoms with Crippen LogP contribution in [0.5, 0.6) is 5.75 Å². The van der Waals surface area contributed by atoms with Gasteiger partial charge in [-0.05, 0) is 17.7 Å². The number of amides is 1. The van der Waals surface area contributed by atoms with Gasteiger partial charge in [0.1, 0.15) is 11.8 Å². The van der Waals surface area contributed by atoms with E-state index < -0.39 is 6.04 Å². The summed E-state index contributed by atoms with van der Waals surface area (Å²) >= 11 is 0. The minimum atomic E-state index is -0.638. The summed E-state index contributed by atoms with van der Waals surface area (Å²) in [6.45, 7) is 4.83. The predicted octanol–water partition coefficient (Wildman–Crippen LogP) is 1.48. The van der Waals surface area contributed by atoms with Crippen molar-refractivity contribution in [1.82, 2.24) is 5.32 Å². The van der Waals surface area contributed by atoms with Crippen LogP contribution in [0.1, 0.15) is 19.4 Å². The normalized spacial score (nSPS) is 12.2. The van der Waals surface area contributed by atoms with E-state index in [4.69, 9.17) is 15.2 Å². The lowest BCUT2D eigenvalue weighted by Crippen LogP contribution is -2.47.